The summed E-state index contributed by atoms with van der Waals surface area (Å²) >= 11 is 0. The van der Waals surface area contributed by atoms with E-state index in [1.807, 2.05) is 0 Å². The number of nitro benzene ring substituents is 1. The Morgan fingerprint density at radius 3 is 2.44 bits per heavy atom. The van der Waals surface area contributed by atoms with Gasteiger partial charge in [-0.05, 0) is 60.2 Å². The molecule has 0 aliphatic carbocycles. The lowest BCUT2D eigenvalue weighted by molar-refractivity contribution is -0.384. The number of benzene rings is 3. The van der Waals surface area contributed by atoms with Gasteiger partial charge >= 0.3 is 6.01 Å². The second-order valence-corrected chi connectivity index (χ2v) is 7.35. The quantitative estimate of drug-likeness (QED) is 0.210. The molecule has 4 rings (SSSR count). The van der Waals surface area contributed by atoms with E-state index in [9.17, 15) is 19.7 Å². The number of hydrogen-bond acceptors (Lipinski definition) is 8. The summed E-state index contributed by atoms with van der Waals surface area (Å²) in [6, 6.07) is 19.0. The number of anilines is 2. The molecular formula is C25H19N5O6. The van der Waals surface area contributed by atoms with Crippen LogP contribution in [0.15, 0.2) is 83.3 Å². The van der Waals surface area contributed by atoms with Crippen LogP contribution in [0.3, 0.4) is 0 Å². The molecule has 0 unspecified atom stereocenters. The van der Waals surface area contributed by atoms with E-state index in [1.54, 1.807) is 49.6 Å². The molecule has 2 N–H and O–H groups in total. The Bertz CT molecular complexity index is 1430. The number of amides is 2. The maximum Gasteiger partial charge on any atom is 0.322 e. The molecule has 2 amide bonds. The number of carbonyl (C=O) groups is 2. The molecule has 4 aromatic rings. The number of ether oxygens (including phenoxy) is 1. The number of carbonyl (C=O) groups excluding carboxylic acids is 2. The zero-order chi connectivity index (χ0) is 25.5. The smallest absolute Gasteiger partial charge is 0.322 e. The lowest BCUT2D eigenvalue weighted by atomic mass is 10.2. The van der Waals surface area contributed by atoms with Crippen molar-refractivity contribution < 1.29 is 23.7 Å². The Kier molecular flexibility index (Phi) is 7.11. The minimum Gasteiger partial charge on any atom is -0.497 e. The van der Waals surface area contributed by atoms with Crippen LogP contribution in [0.5, 0.6) is 5.75 Å². The summed E-state index contributed by atoms with van der Waals surface area (Å²) in [5.74, 6) is 0.0214. The van der Waals surface area contributed by atoms with E-state index < -0.39 is 16.7 Å². The average molecular weight is 485 g/mol. The molecule has 0 aliphatic rings. The van der Waals surface area contributed by atoms with Crippen molar-refractivity contribution in [2.45, 2.75) is 0 Å². The Balaban J connectivity index is 1.33. The van der Waals surface area contributed by atoms with Gasteiger partial charge in [-0.3, -0.25) is 25.0 Å². The molecule has 0 saturated carbocycles. The van der Waals surface area contributed by atoms with Crippen molar-refractivity contribution in [3.8, 4) is 17.2 Å². The number of nitro groups is 1. The van der Waals surface area contributed by atoms with Crippen LogP contribution in [0.2, 0.25) is 0 Å². The molecule has 0 saturated heterocycles. The minimum atomic E-state index is -0.507. The summed E-state index contributed by atoms with van der Waals surface area (Å²) in [5, 5.41) is 23.8. The van der Waals surface area contributed by atoms with Gasteiger partial charge in [0.05, 0.1) is 12.0 Å². The van der Waals surface area contributed by atoms with Crippen molar-refractivity contribution in [1.29, 1.82) is 0 Å². The van der Waals surface area contributed by atoms with Crippen LogP contribution in [0, 0.1) is 10.1 Å². The molecule has 0 radical (unpaired) electrons. The number of aromatic nitrogens is 2. The van der Waals surface area contributed by atoms with Gasteiger partial charge in [-0.15, -0.1) is 5.10 Å². The van der Waals surface area contributed by atoms with E-state index in [0.29, 0.717) is 28.1 Å². The van der Waals surface area contributed by atoms with Gasteiger partial charge in [0.15, 0.2) is 0 Å². The van der Waals surface area contributed by atoms with Crippen molar-refractivity contribution in [3.05, 3.63) is 100 Å². The van der Waals surface area contributed by atoms with Crippen LogP contribution >= 0.6 is 0 Å². The SMILES string of the molecule is COc1ccc(-c2nnc(NC(=O)c3ccc(NC(=O)/C=C/c4cccc([N+](=O)[O-])c4)cc3)o2)cc1. The largest absolute Gasteiger partial charge is 0.497 e. The molecule has 0 aliphatic heterocycles. The summed E-state index contributed by atoms with van der Waals surface area (Å²) in [5.41, 5.74) is 1.89. The first-order chi connectivity index (χ1) is 17.4. The molecule has 0 spiro atoms. The molecular weight excluding hydrogens is 466 g/mol. The maximum atomic E-state index is 12.5. The van der Waals surface area contributed by atoms with Gasteiger partial charge in [-0.25, -0.2) is 0 Å². The molecule has 11 heteroatoms. The summed E-state index contributed by atoms with van der Waals surface area (Å²) in [6.07, 6.45) is 2.73. The Morgan fingerprint density at radius 2 is 1.75 bits per heavy atom. The Morgan fingerprint density at radius 1 is 1.00 bits per heavy atom. The van der Waals surface area contributed by atoms with Crippen LogP contribution in [-0.4, -0.2) is 34.0 Å². The third-order valence-corrected chi connectivity index (χ3v) is 4.91. The predicted octanol–water partition coefficient (Wildman–Crippen LogP) is 4.56. The zero-order valence-electron chi connectivity index (χ0n) is 18.9. The van der Waals surface area contributed by atoms with Crippen LogP contribution in [0.4, 0.5) is 17.4 Å². The van der Waals surface area contributed by atoms with Crippen molar-refractivity contribution in [3.63, 3.8) is 0 Å². The molecule has 1 aromatic heterocycles. The zero-order valence-corrected chi connectivity index (χ0v) is 18.9. The summed E-state index contributed by atoms with van der Waals surface area (Å²) in [6.45, 7) is 0. The Labute approximate surface area is 204 Å². The topological polar surface area (TPSA) is 149 Å². The maximum absolute atomic E-state index is 12.5. The first kappa shape index (κ1) is 23.8. The standard InChI is InChI=1S/C25H19N5O6/c1-35-21-12-8-18(9-13-21)24-28-29-25(36-24)27-23(32)17-6-10-19(11-7-17)26-22(31)14-5-16-3-2-4-20(15-16)30(33)34/h2-15H,1H3,(H,26,31)(H,27,29,32)/b14-5+. The van der Waals surface area contributed by atoms with Crippen molar-refractivity contribution in [1.82, 2.24) is 10.2 Å². The highest BCUT2D eigenvalue weighted by Gasteiger charge is 2.13. The van der Waals surface area contributed by atoms with Crippen molar-refractivity contribution in [2.75, 3.05) is 17.7 Å². The molecule has 0 fully saturated rings. The normalized spacial score (nSPS) is 10.7. The lowest BCUT2D eigenvalue weighted by Gasteiger charge is -2.04. The van der Waals surface area contributed by atoms with E-state index in [0.717, 1.165) is 0 Å². The summed E-state index contributed by atoms with van der Waals surface area (Å²) in [7, 11) is 1.57. The number of nitrogens with zero attached hydrogens (tertiary/aromatic N) is 3. The van der Waals surface area contributed by atoms with Crippen molar-refractivity contribution in [2.24, 2.45) is 0 Å². The fourth-order valence-electron chi connectivity index (χ4n) is 3.10. The fraction of sp³-hybridized carbons (Fsp3) is 0.0400. The van der Waals surface area contributed by atoms with Crippen LogP contribution in [0.25, 0.3) is 17.5 Å². The fourth-order valence-corrected chi connectivity index (χ4v) is 3.10. The number of nitrogens with one attached hydrogen (secondary N) is 2. The van der Waals surface area contributed by atoms with E-state index in [2.05, 4.69) is 20.8 Å². The third kappa shape index (κ3) is 5.97. The number of non-ortho nitro benzene ring substituents is 1. The molecule has 180 valence electrons. The monoisotopic (exact) mass is 485 g/mol. The second kappa shape index (κ2) is 10.7. The molecule has 0 atom stereocenters. The summed E-state index contributed by atoms with van der Waals surface area (Å²) < 4.78 is 10.6. The van der Waals surface area contributed by atoms with Gasteiger partial charge in [-0.2, -0.15) is 0 Å². The molecule has 0 bridgehead atoms. The van der Waals surface area contributed by atoms with Gasteiger partial charge in [0.1, 0.15) is 5.75 Å². The Hall–Kier alpha value is -5.32. The molecule has 11 nitrogen and oxygen atoms in total. The van der Waals surface area contributed by atoms with Gasteiger partial charge in [-0.1, -0.05) is 17.2 Å². The highest BCUT2D eigenvalue weighted by molar-refractivity contribution is 6.04. The van der Waals surface area contributed by atoms with Gasteiger partial charge in [0.2, 0.25) is 11.8 Å². The molecule has 36 heavy (non-hydrogen) atoms. The first-order valence-electron chi connectivity index (χ1n) is 10.5. The number of rotatable bonds is 8. The number of hydrogen-bond donors (Lipinski definition) is 2. The third-order valence-electron chi connectivity index (χ3n) is 4.91. The highest BCUT2D eigenvalue weighted by atomic mass is 16.6. The predicted molar refractivity (Wildman–Crippen MR) is 131 cm³/mol. The van der Waals surface area contributed by atoms with E-state index >= 15 is 0 Å². The number of methoxy groups -OCH3 is 1. The first-order valence-corrected chi connectivity index (χ1v) is 10.5. The van der Waals surface area contributed by atoms with E-state index in [1.165, 1.54) is 42.5 Å². The van der Waals surface area contributed by atoms with Crippen LogP contribution < -0.4 is 15.4 Å². The lowest BCUT2D eigenvalue weighted by Crippen LogP contribution is -2.12. The van der Waals surface area contributed by atoms with Gasteiger partial charge in [0.25, 0.3) is 11.6 Å². The average Bonchev–Trinajstić information content (AvgIpc) is 3.36. The molecule has 3 aromatic carbocycles. The van der Waals surface area contributed by atoms with Crippen LogP contribution in [-0.2, 0) is 4.79 Å². The van der Waals surface area contributed by atoms with E-state index in [-0.39, 0.29) is 17.6 Å². The van der Waals surface area contributed by atoms with Gasteiger partial charge in [0, 0.05) is 35.0 Å². The van der Waals surface area contributed by atoms with Crippen LogP contribution in [0.1, 0.15) is 15.9 Å². The highest BCUT2D eigenvalue weighted by Crippen LogP contribution is 2.23. The second-order valence-electron chi connectivity index (χ2n) is 7.35. The molecule has 1 heterocycles. The van der Waals surface area contributed by atoms with E-state index in [4.69, 9.17) is 9.15 Å². The summed E-state index contributed by atoms with van der Waals surface area (Å²) in [4.78, 5) is 35.0. The minimum absolute atomic E-state index is 0.0607. The van der Waals surface area contributed by atoms with Gasteiger partial charge < -0.3 is 14.5 Å². The van der Waals surface area contributed by atoms with Crippen molar-refractivity contribution >= 4 is 35.3 Å².